The van der Waals surface area contributed by atoms with E-state index < -0.39 is 10.0 Å². The van der Waals surface area contributed by atoms with Crippen LogP contribution in [0.5, 0.6) is 0 Å². The largest absolute Gasteiger partial charge is 0.352 e. The number of benzene rings is 2. The normalized spacial score (nSPS) is 14.3. The number of carbonyl (C=O) groups is 1. The number of hydrogen-bond acceptors (Lipinski definition) is 3. The second kappa shape index (κ2) is 8.23. The van der Waals surface area contributed by atoms with Gasteiger partial charge in [-0.2, -0.15) is 4.31 Å². The van der Waals surface area contributed by atoms with Crippen molar-refractivity contribution >= 4 is 15.9 Å². The van der Waals surface area contributed by atoms with Crippen molar-refractivity contribution in [3.8, 4) is 0 Å². The second-order valence-electron chi connectivity index (χ2n) is 7.18. The van der Waals surface area contributed by atoms with E-state index in [1.54, 1.807) is 13.0 Å². The van der Waals surface area contributed by atoms with Crippen LogP contribution in [0.3, 0.4) is 0 Å². The molecule has 27 heavy (non-hydrogen) atoms. The molecule has 2 aromatic rings. The number of sulfonamides is 1. The Balaban J connectivity index is 1.84. The molecule has 1 fully saturated rings. The Bertz CT molecular complexity index is 906. The third-order valence-corrected chi connectivity index (χ3v) is 6.70. The lowest BCUT2D eigenvalue weighted by atomic mass is 10.1. The van der Waals surface area contributed by atoms with Gasteiger partial charge in [-0.15, -0.1) is 0 Å². The SMILES string of the molecule is Cc1ccc(C)c(S(=O)(=O)N(CCc2ccccc2)CC(=O)NC2CC2)c1. The van der Waals surface area contributed by atoms with Gasteiger partial charge < -0.3 is 5.32 Å². The van der Waals surface area contributed by atoms with Crippen molar-refractivity contribution in [2.75, 3.05) is 13.1 Å². The summed E-state index contributed by atoms with van der Waals surface area (Å²) in [5.74, 6) is -0.237. The molecule has 0 spiro atoms. The Hall–Kier alpha value is -2.18. The van der Waals surface area contributed by atoms with Gasteiger partial charge in [-0.3, -0.25) is 4.79 Å². The second-order valence-corrected chi connectivity index (χ2v) is 9.09. The van der Waals surface area contributed by atoms with E-state index >= 15 is 0 Å². The van der Waals surface area contributed by atoms with Crippen molar-refractivity contribution in [1.82, 2.24) is 9.62 Å². The van der Waals surface area contributed by atoms with Crippen LogP contribution in [-0.4, -0.2) is 37.8 Å². The van der Waals surface area contributed by atoms with E-state index in [9.17, 15) is 13.2 Å². The molecule has 0 aliphatic heterocycles. The first-order valence-electron chi connectivity index (χ1n) is 9.27. The minimum Gasteiger partial charge on any atom is -0.352 e. The molecule has 1 aliphatic carbocycles. The minimum absolute atomic E-state index is 0.154. The van der Waals surface area contributed by atoms with Crippen LogP contribution in [0.1, 0.15) is 29.5 Å². The van der Waals surface area contributed by atoms with Crippen molar-refractivity contribution in [3.05, 3.63) is 65.2 Å². The summed E-state index contributed by atoms with van der Waals surface area (Å²) in [6, 6.07) is 15.3. The number of hydrogen-bond donors (Lipinski definition) is 1. The van der Waals surface area contributed by atoms with Gasteiger partial charge in [0.15, 0.2) is 0 Å². The molecule has 1 saturated carbocycles. The zero-order valence-electron chi connectivity index (χ0n) is 15.8. The molecule has 1 aliphatic rings. The van der Waals surface area contributed by atoms with Crippen LogP contribution in [-0.2, 0) is 21.2 Å². The predicted octanol–water partition coefficient (Wildman–Crippen LogP) is 2.82. The number of carbonyl (C=O) groups excluding carboxylic acids is 1. The number of aryl methyl sites for hydroxylation is 2. The molecule has 3 rings (SSSR count). The molecular weight excluding hydrogens is 360 g/mol. The molecule has 1 N–H and O–H groups in total. The van der Waals surface area contributed by atoms with Gasteiger partial charge >= 0.3 is 0 Å². The van der Waals surface area contributed by atoms with Crippen LogP contribution in [0.15, 0.2) is 53.4 Å². The lowest BCUT2D eigenvalue weighted by molar-refractivity contribution is -0.121. The average molecular weight is 387 g/mol. The molecule has 1 amide bonds. The van der Waals surface area contributed by atoms with Crippen molar-refractivity contribution in [3.63, 3.8) is 0 Å². The fourth-order valence-corrected chi connectivity index (χ4v) is 4.67. The van der Waals surface area contributed by atoms with Crippen molar-refractivity contribution in [1.29, 1.82) is 0 Å². The Morgan fingerprint density at radius 2 is 1.81 bits per heavy atom. The summed E-state index contributed by atoms with van der Waals surface area (Å²) in [6.07, 6.45) is 2.50. The summed E-state index contributed by atoms with van der Waals surface area (Å²) in [5, 5.41) is 2.89. The maximum absolute atomic E-state index is 13.3. The molecule has 0 radical (unpaired) electrons. The van der Waals surface area contributed by atoms with Gasteiger partial charge in [0.1, 0.15) is 0 Å². The van der Waals surface area contributed by atoms with E-state index in [0.29, 0.717) is 12.0 Å². The number of amides is 1. The highest BCUT2D eigenvalue weighted by molar-refractivity contribution is 7.89. The molecule has 144 valence electrons. The van der Waals surface area contributed by atoms with E-state index in [-0.39, 0.29) is 29.9 Å². The molecule has 6 heteroatoms. The lowest BCUT2D eigenvalue weighted by Crippen LogP contribution is -2.42. The lowest BCUT2D eigenvalue weighted by Gasteiger charge is -2.23. The van der Waals surface area contributed by atoms with Crippen molar-refractivity contribution in [2.24, 2.45) is 0 Å². The van der Waals surface area contributed by atoms with Gasteiger partial charge in [0, 0.05) is 12.6 Å². The Morgan fingerprint density at radius 1 is 1.11 bits per heavy atom. The molecule has 5 nitrogen and oxygen atoms in total. The van der Waals surface area contributed by atoms with E-state index in [1.165, 1.54) is 4.31 Å². The van der Waals surface area contributed by atoms with Crippen LogP contribution in [0.25, 0.3) is 0 Å². The maximum atomic E-state index is 13.3. The van der Waals surface area contributed by atoms with E-state index in [0.717, 1.165) is 24.0 Å². The van der Waals surface area contributed by atoms with E-state index in [1.807, 2.05) is 49.4 Å². The van der Waals surface area contributed by atoms with Crippen LogP contribution in [0, 0.1) is 13.8 Å². The highest BCUT2D eigenvalue weighted by Gasteiger charge is 2.30. The molecule has 0 atom stereocenters. The Morgan fingerprint density at radius 3 is 2.48 bits per heavy atom. The summed E-state index contributed by atoms with van der Waals surface area (Å²) in [7, 11) is -3.76. The highest BCUT2D eigenvalue weighted by Crippen LogP contribution is 2.22. The first-order chi connectivity index (χ1) is 12.9. The topological polar surface area (TPSA) is 66.5 Å². The number of nitrogens with one attached hydrogen (secondary N) is 1. The summed E-state index contributed by atoms with van der Waals surface area (Å²) >= 11 is 0. The van der Waals surface area contributed by atoms with Crippen LogP contribution in [0.2, 0.25) is 0 Å². The summed E-state index contributed by atoms with van der Waals surface area (Å²) in [6.45, 7) is 3.76. The Labute approximate surface area is 161 Å². The number of nitrogens with zero attached hydrogens (tertiary/aromatic N) is 1. The maximum Gasteiger partial charge on any atom is 0.243 e. The smallest absolute Gasteiger partial charge is 0.243 e. The fraction of sp³-hybridized carbons (Fsp3) is 0.381. The fourth-order valence-electron chi connectivity index (χ4n) is 2.97. The van der Waals surface area contributed by atoms with Gasteiger partial charge in [-0.05, 0) is 55.9 Å². The van der Waals surface area contributed by atoms with Crippen LogP contribution in [0.4, 0.5) is 0 Å². The van der Waals surface area contributed by atoms with Gasteiger partial charge in [-0.1, -0.05) is 42.5 Å². The third-order valence-electron chi connectivity index (χ3n) is 4.72. The average Bonchev–Trinajstić information content (AvgIpc) is 3.45. The first-order valence-corrected chi connectivity index (χ1v) is 10.7. The van der Waals surface area contributed by atoms with Gasteiger partial charge in [0.05, 0.1) is 11.4 Å². The minimum atomic E-state index is -3.76. The van der Waals surface area contributed by atoms with Gasteiger partial charge in [0.25, 0.3) is 0 Å². The number of rotatable bonds is 8. The first kappa shape index (κ1) is 19.6. The molecule has 0 saturated heterocycles. The molecule has 0 heterocycles. The molecule has 0 bridgehead atoms. The summed E-state index contributed by atoms with van der Waals surface area (Å²) in [4.78, 5) is 12.6. The Kier molecular flexibility index (Phi) is 5.97. The summed E-state index contributed by atoms with van der Waals surface area (Å²) in [5.41, 5.74) is 2.61. The zero-order chi connectivity index (χ0) is 19.4. The van der Waals surface area contributed by atoms with Crippen LogP contribution < -0.4 is 5.32 Å². The van der Waals surface area contributed by atoms with E-state index in [4.69, 9.17) is 0 Å². The molecule has 2 aromatic carbocycles. The standard InChI is InChI=1S/C21H26N2O3S/c1-16-8-9-17(2)20(14-16)27(25,26)23(15-21(24)22-19-10-11-19)13-12-18-6-4-3-5-7-18/h3-9,14,19H,10-13,15H2,1-2H3,(H,22,24). The molecular formula is C21H26N2O3S. The zero-order valence-corrected chi connectivity index (χ0v) is 16.6. The highest BCUT2D eigenvalue weighted by atomic mass is 32.2. The van der Waals surface area contributed by atoms with Gasteiger partial charge in [-0.25, -0.2) is 8.42 Å². The molecule has 0 unspecified atom stereocenters. The molecule has 0 aromatic heterocycles. The predicted molar refractivity (Wildman–Crippen MR) is 106 cm³/mol. The van der Waals surface area contributed by atoms with Crippen molar-refractivity contribution < 1.29 is 13.2 Å². The van der Waals surface area contributed by atoms with E-state index in [2.05, 4.69) is 5.32 Å². The van der Waals surface area contributed by atoms with Crippen LogP contribution >= 0.6 is 0 Å². The summed E-state index contributed by atoms with van der Waals surface area (Å²) < 4.78 is 27.9. The third kappa shape index (κ3) is 5.17. The van der Waals surface area contributed by atoms with Gasteiger partial charge in [0.2, 0.25) is 15.9 Å². The van der Waals surface area contributed by atoms with Crippen molar-refractivity contribution in [2.45, 2.75) is 44.0 Å². The monoisotopic (exact) mass is 386 g/mol. The quantitative estimate of drug-likeness (QED) is 0.759.